The number of nitrogens with zero attached hydrogens (tertiary/aromatic N) is 2. The first-order chi connectivity index (χ1) is 7.74. The summed E-state index contributed by atoms with van der Waals surface area (Å²) in [4.78, 5) is 11.3. The van der Waals surface area contributed by atoms with Crippen molar-refractivity contribution in [3.8, 4) is 11.4 Å². The summed E-state index contributed by atoms with van der Waals surface area (Å²) in [5.74, 6) is 0.663. The molecule has 0 saturated heterocycles. The Morgan fingerprint density at radius 2 is 2.19 bits per heavy atom. The normalized spacial score (nSPS) is 10.6. The molecule has 84 valence electrons. The lowest BCUT2D eigenvalue weighted by Crippen LogP contribution is -2.14. The summed E-state index contributed by atoms with van der Waals surface area (Å²) in [5.41, 5.74) is 1.89. The first kappa shape index (κ1) is 10.6. The van der Waals surface area contributed by atoms with Crippen molar-refractivity contribution in [1.29, 1.82) is 0 Å². The Morgan fingerprint density at radius 3 is 2.81 bits per heavy atom. The average molecular weight is 218 g/mol. The predicted octanol–water partition coefficient (Wildman–Crippen LogP) is 0.495. The maximum Gasteiger partial charge on any atom is 0.343 e. The van der Waals surface area contributed by atoms with Gasteiger partial charge >= 0.3 is 5.69 Å². The summed E-state index contributed by atoms with van der Waals surface area (Å²) in [6.45, 7) is 0.747. The van der Waals surface area contributed by atoms with E-state index >= 15 is 0 Å². The molecule has 1 aromatic heterocycles. The maximum absolute atomic E-state index is 11.3. The first-order valence-electron chi connectivity index (χ1n) is 5.08. The summed E-state index contributed by atoms with van der Waals surface area (Å²) >= 11 is 0. The van der Waals surface area contributed by atoms with Gasteiger partial charge in [-0.25, -0.2) is 9.89 Å². The van der Waals surface area contributed by atoms with Gasteiger partial charge in [-0.3, -0.25) is 4.57 Å². The number of aromatic amines is 1. The molecule has 0 unspecified atom stereocenters. The molecule has 0 fully saturated rings. The summed E-state index contributed by atoms with van der Waals surface area (Å²) < 4.78 is 1.51. The quantitative estimate of drug-likeness (QED) is 0.788. The molecule has 0 saturated carbocycles. The number of hydrogen-bond acceptors (Lipinski definition) is 3. The van der Waals surface area contributed by atoms with E-state index in [9.17, 15) is 4.79 Å². The zero-order chi connectivity index (χ0) is 11.5. The standard InChI is InChI=1S/C11H14N4O/c1-12-7-8-5-3-4-6-9(8)10-13-14-11(16)15(10)2/h3-6,12H,7H2,1-2H3,(H,14,16). The third-order valence-electron chi connectivity index (χ3n) is 2.51. The van der Waals surface area contributed by atoms with Crippen LogP contribution in [0.15, 0.2) is 29.1 Å². The second kappa shape index (κ2) is 4.32. The highest BCUT2D eigenvalue weighted by atomic mass is 16.1. The number of H-pyrrole nitrogens is 1. The van der Waals surface area contributed by atoms with Crippen molar-refractivity contribution in [1.82, 2.24) is 20.1 Å². The molecular weight excluding hydrogens is 204 g/mol. The first-order valence-corrected chi connectivity index (χ1v) is 5.08. The summed E-state index contributed by atoms with van der Waals surface area (Å²) in [5, 5.41) is 9.56. The molecule has 5 heteroatoms. The Bertz CT molecular complexity index is 541. The summed E-state index contributed by atoms with van der Waals surface area (Å²) in [6.07, 6.45) is 0. The summed E-state index contributed by atoms with van der Waals surface area (Å²) in [6, 6.07) is 7.89. The van der Waals surface area contributed by atoms with Crippen molar-refractivity contribution in [2.45, 2.75) is 6.54 Å². The Labute approximate surface area is 93.1 Å². The monoisotopic (exact) mass is 218 g/mol. The number of aromatic nitrogens is 3. The number of rotatable bonds is 3. The average Bonchev–Trinajstić information content (AvgIpc) is 2.61. The van der Waals surface area contributed by atoms with Gasteiger partial charge in [0, 0.05) is 19.2 Å². The molecule has 0 aliphatic carbocycles. The van der Waals surface area contributed by atoms with Crippen LogP contribution in [0.25, 0.3) is 11.4 Å². The molecule has 5 nitrogen and oxygen atoms in total. The lowest BCUT2D eigenvalue weighted by Gasteiger charge is -2.07. The fourth-order valence-electron chi connectivity index (χ4n) is 1.67. The smallest absolute Gasteiger partial charge is 0.316 e. The van der Waals surface area contributed by atoms with E-state index in [1.54, 1.807) is 7.05 Å². The molecule has 0 amide bonds. The van der Waals surface area contributed by atoms with Crippen LogP contribution in [0, 0.1) is 0 Å². The topological polar surface area (TPSA) is 62.7 Å². The zero-order valence-corrected chi connectivity index (χ0v) is 9.32. The van der Waals surface area contributed by atoms with Crippen molar-refractivity contribution in [3.05, 3.63) is 40.3 Å². The van der Waals surface area contributed by atoms with Gasteiger partial charge in [0.15, 0.2) is 5.82 Å². The molecular formula is C11H14N4O. The van der Waals surface area contributed by atoms with E-state index in [0.29, 0.717) is 5.82 Å². The van der Waals surface area contributed by atoms with Gasteiger partial charge in [-0.05, 0) is 12.6 Å². The Balaban J connectivity index is 2.55. The van der Waals surface area contributed by atoms with Crippen LogP contribution in [0.1, 0.15) is 5.56 Å². The van der Waals surface area contributed by atoms with Crippen molar-refractivity contribution in [2.24, 2.45) is 7.05 Å². The van der Waals surface area contributed by atoms with Gasteiger partial charge in [0.1, 0.15) is 0 Å². The van der Waals surface area contributed by atoms with Crippen molar-refractivity contribution in [2.75, 3.05) is 7.05 Å². The van der Waals surface area contributed by atoms with E-state index < -0.39 is 0 Å². The fourth-order valence-corrected chi connectivity index (χ4v) is 1.67. The number of nitrogens with one attached hydrogen (secondary N) is 2. The van der Waals surface area contributed by atoms with Gasteiger partial charge in [0.2, 0.25) is 0 Å². The third-order valence-corrected chi connectivity index (χ3v) is 2.51. The van der Waals surface area contributed by atoms with Crippen LogP contribution in [0.4, 0.5) is 0 Å². The van der Waals surface area contributed by atoms with Crippen molar-refractivity contribution < 1.29 is 0 Å². The second-order valence-electron chi connectivity index (χ2n) is 3.60. The molecule has 0 spiro atoms. The lowest BCUT2D eigenvalue weighted by atomic mass is 10.1. The van der Waals surface area contributed by atoms with E-state index in [0.717, 1.165) is 17.7 Å². The van der Waals surface area contributed by atoms with Crippen LogP contribution in [0.5, 0.6) is 0 Å². The van der Waals surface area contributed by atoms with E-state index in [2.05, 4.69) is 15.5 Å². The van der Waals surface area contributed by atoms with Gasteiger partial charge in [0.05, 0.1) is 0 Å². The molecule has 2 aromatic rings. The molecule has 0 atom stereocenters. The maximum atomic E-state index is 11.3. The van der Waals surface area contributed by atoms with Crippen LogP contribution >= 0.6 is 0 Å². The van der Waals surface area contributed by atoms with Gasteiger partial charge in [-0.2, -0.15) is 5.10 Å². The van der Waals surface area contributed by atoms with Crippen LogP contribution in [0.2, 0.25) is 0 Å². The van der Waals surface area contributed by atoms with Crippen LogP contribution in [0.3, 0.4) is 0 Å². The highest BCUT2D eigenvalue weighted by Gasteiger charge is 2.10. The predicted molar refractivity (Wildman–Crippen MR) is 62.0 cm³/mol. The highest BCUT2D eigenvalue weighted by Crippen LogP contribution is 2.19. The Hall–Kier alpha value is -1.88. The molecule has 1 aromatic carbocycles. The van der Waals surface area contributed by atoms with E-state index in [1.807, 2.05) is 31.3 Å². The molecule has 0 bridgehead atoms. The minimum absolute atomic E-state index is 0.200. The molecule has 0 aliphatic heterocycles. The molecule has 16 heavy (non-hydrogen) atoms. The van der Waals surface area contributed by atoms with E-state index in [1.165, 1.54) is 4.57 Å². The van der Waals surface area contributed by atoms with E-state index in [4.69, 9.17) is 0 Å². The SMILES string of the molecule is CNCc1ccccc1-c1n[nH]c(=O)n1C. The number of hydrogen-bond donors (Lipinski definition) is 2. The Morgan fingerprint density at radius 1 is 1.44 bits per heavy atom. The Kier molecular flexibility index (Phi) is 2.87. The minimum atomic E-state index is -0.200. The molecule has 1 heterocycles. The summed E-state index contributed by atoms with van der Waals surface area (Å²) in [7, 11) is 3.59. The fraction of sp³-hybridized carbons (Fsp3) is 0.273. The van der Waals surface area contributed by atoms with Crippen LogP contribution in [-0.4, -0.2) is 21.8 Å². The highest BCUT2D eigenvalue weighted by molar-refractivity contribution is 5.60. The van der Waals surface area contributed by atoms with Gasteiger partial charge in [-0.1, -0.05) is 24.3 Å². The van der Waals surface area contributed by atoms with Crippen molar-refractivity contribution >= 4 is 0 Å². The van der Waals surface area contributed by atoms with Crippen LogP contribution in [-0.2, 0) is 13.6 Å². The second-order valence-corrected chi connectivity index (χ2v) is 3.60. The van der Waals surface area contributed by atoms with Crippen LogP contribution < -0.4 is 11.0 Å². The largest absolute Gasteiger partial charge is 0.343 e. The zero-order valence-electron chi connectivity index (χ0n) is 9.32. The lowest BCUT2D eigenvalue weighted by molar-refractivity contribution is 0.813. The van der Waals surface area contributed by atoms with Gasteiger partial charge in [-0.15, -0.1) is 0 Å². The number of benzene rings is 1. The van der Waals surface area contributed by atoms with Gasteiger partial charge in [0.25, 0.3) is 0 Å². The molecule has 2 rings (SSSR count). The molecule has 2 N–H and O–H groups in total. The molecule has 0 aliphatic rings. The third kappa shape index (κ3) is 1.77. The van der Waals surface area contributed by atoms with E-state index in [-0.39, 0.29) is 5.69 Å². The van der Waals surface area contributed by atoms with Crippen molar-refractivity contribution in [3.63, 3.8) is 0 Å². The minimum Gasteiger partial charge on any atom is -0.316 e. The molecule has 0 radical (unpaired) electrons. The van der Waals surface area contributed by atoms with Gasteiger partial charge < -0.3 is 5.32 Å².